The molecule has 0 amide bonds. The van der Waals surface area contributed by atoms with Gasteiger partial charge in [0, 0.05) is 5.41 Å². The summed E-state index contributed by atoms with van der Waals surface area (Å²) in [5, 5.41) is 9.96. The van der Waals surface area contributed by atoms with Gasteiger partial charge >= 0.3 is 0 Å². The van der Waals surface area contributed by atoms with Gasteiger partial charge in [0.2, 0.25) is 0 Å². The maximum absolute atomic E-state index is 9.96. The molecule has 1 fully saturated rings. The molecule has 1 aromatic carbocycles. The van der Waals surface area contributed by atoms with Crippen molar-refractivity contribution in [3.8, 4) is 5.75 Å². The predicted octanol–water partition coefficient (Wildman–Crippen LogP) is 3.81. The molecule has 1 saturated carbocycles. The van der Waals surface area contributed by atoms with E-state index in [9.17, 15) is 5.11 Å². The standard InChI is InChI=1S/C18H29NO2/c1-17(2,20)16(19)14-7-9-15(10-8-14)21-13-18(3)11-5-4-6-12-18/h7-10,16,20H,4-6,11-13,19H2,1-3H3. The smallest absolute Gasteiger partial charge is 0.119 e. The van der Waals surface area contributed by atoms with Gasteiger partial charge in [0.15, 0.2) is 0 Å². The van der Waals surface area contributed by atoms with Crippen LogP contribution in [0.15, 0.2) is 24.3 Å². The van der Waals surface area contributed by atoms with Crippen LogP contribution >= 0.6 is 0 Å². The third-order valence-corrected chi connectivity index (χ3v) is 4.65. The van der Waals surface area contributed by atoms with Gasteiger partial charge in [-0.15, -0.1) is 0 Å². The predicted molar refractivity (Wildman–Crippen MR) is 86.4 cm³/mol. The van der Waals surface area contributed by atoms with Crippen molar-refractivity contribution in [1.82, 2.24) is 0 Å². The molecule has 0 aliphatic heterocycles. The molecule has 21 heavy (non-hydrogen) atoms. The number of hydrogen-bond donors (Lipinski definition) is 2. The zero-order valence-corrected chi connectivity index (χ0v) is 13.6. The fourth-order valence-corrected chi connectivity index (χ4v) is 2.99. The Bertz CT molecular complexity index is 441. The van der Waals surface area contributed by atoms with Gasteiger partial charge in [-0.05, 0) is 44.4 Å². The number of rotatable bonds is 5. The van der Waals surface area contributed by atoms with Crippen LogP contribution in [-0.4, -0.2) is 17.3 Å². The minimum absolute atomic E-state index is 0.320. The average molecular weight is 291 g/mol. The summed E-state index contributed by atoms with van der Waals surface area (Å²) in [7, 11) is 0. The Morgan fingerprint density at radius 2 is 1.76 bits per heavy atom. The summed E-state index contributed by atoms with van der Waals surface area (Å²) < 4.78 is 5.97. The van der Waals surface area contributed by atoms with Gasteiger partial charge in [0.1, 0.15) is 5.75 Å². The molecule has 3 heteroatoms. The zero-order valence-electron chi connectivity index (χ0n) is 13.6. The molecule has 1 aliphatic rings. The molecule has 1 atom stereocenters. The average Bonchev–Trinajstić information content (AvgIpc) is 2.45. The van der Waals surface area contributed by atoms with Crippen LogP contribution in [0.4, 0.5) is 0 Å². The lowest BCUT2D eigenvalue weighted by Gasteiger charge is -2.33. The monoisotopic (exact) mass is 291 g/mol. The number of benzene rings is 1. The second kappa shape index (κ2) is 6.37. The Labute approximate surface area is 128 Å². The molecule has 3 nitrogen and oxygen atoms in total. The van der Waals surface area contributed by atoms with Crippen LogP contribution in [0.1, 0.15) is 64.5 Å². The van der Waals surface area contributed by atoms with Gasteiger partial charge in [0.05, 0.1) is 18.2 Å². The molecule has 1 aliphatic carbocycles. The molecular weight excluding hydrogens is 262 g/mol. The maximum atomic E-state index is 9.96. The first-order valence-corrected chi connectivity index (χ1v) is 8.01. The first-order chi connectivity index (χ1) is 9.80. The minimum Gasteiger partial charge on any atom is -0.493 e. The topological polar surface area (TPSA) is 55.5 Å². The number of aliphatic hydroxyl groups is 1. The molecular formula is C18H29NO2. The molecule has 0 heterocycles. The van der Waals surface area contributed by atoms with Crippen LogP contribution in [-0.2, 0) is 0 Å². The van der Waals surface area contributed by atoms with E-state index < -0.39 is 5.60 Å². The molecule has 0 spiro atoms. The van der Waals surface area contributed by atoms with E-state index in [1.54, 1.807) is 13.8 Å². The Kier molecular flexibility index (Phi) is 4.95. The molecule has 1 aromatic rings. The normalized spacial score (nSPS) is 20.0. The lowest BCUT2D eigenvalue weighted by Crippen LogP contribution is -2.35. The van der Waals surface area contributed by atoms with E-state index in [0.29, 0.717) is 5.41 Å². The SMILES string of the molecule is CC1(COc2ccc(C(N)C(C)(C)O)cc2)CCCCC1. The highest BCUT2D eigenvalue weighted by molar-refractivity contribution is 5.30. The summed E-state index contributed by atoms with van der Waals surface area (Å²) >= 11 is 0. The highest BCUT2D eigenvalue weighted by Gasteiger charge is 2.28. The van der Waals surface area contributed by atoms with Gasteiger partial charge in [-0.1, -0.05) is 38.3 Å². The Balaban J connectivity index is 1.93. The number of ether oxygens (including phenoxy) is 1. The summed E-state index contributed by atoms with van der Waals surface area (Å²) in [5.41, 5.74) is 6.37. The van der Waals surface area contributed by atoms with Crippen molar-refractivity contribution in [3.05, 3.63) is 29.8 Å². The molecule has 0 aromatic heterocycles. The van der Waals surface area contributed by atoms with E-state index in [-0.39, 0.29) is 6.04 Å². The molecule has 0 saturated heterocycles. The van der Waals surface area contributed by atoms with Crippen LogP contribution in [0.2, 0.25) is 0 Å². The third kappa shape index (κ3) is 4.45. The second-order valence-electron chi connectivity index (χ2n) is 7.36. The summed E-state index contributed by atoms with van der Waals surface area (Å²) in [6.45, 7) is 6.56. The second-order valence-corrected chi connectivity index (χ2v) is 7.36. The molecule has 0 radical (unpaired) electrons. The number of nitrogens with two attached hydrogens (primary N) is 1. The van der Waals surface area contributed by atoms with E-state index in [1.807, 2.05) is 24.3 Å². The molecule has 1 unspecified atom stereocenters. The van der Waals surface area contributed by atoms with Crippen LogP contribution in [0, 0.1) is 5.41 Å². The zero-order chi connectivity index (χ0) is 15.5. The van der Waals surface area contributed by atoms with E-state index in [0.717, 1.165) is 17.9 Å². The summed E-state index contributed by atoms with van der Waals surface area (Å²) in [6, 6.07) is 7.41. The fourth-order valence-electron chi connectivity index (χ4n) is 2.99. The van der Waals surface area contributed by atoms with E-state index in [2.05, 4.69) is 6.92 Å². The van der Waals surface area contributed by atoms with Gasteiger partial charge in [-0.3, -0.25) is 0 Å². The first kappa shape index (κ1) is 16.3. The van der Waals surface area contributed by atoms with Gasteiger partial charge in [-0.2, -0.15) is 0 Å². The summed E-state index contributed by atoms with van der Waals surface area (Å²) in [6.07, 6.45) is 6.51. The summed E-state index contributed by atoms with van der Waals surface area (Å²) in [4.78, 5) is 0. The van der Waals surface area contributed by atoms with Gasteiger partial charge < -0.3 is 15.6 Å². The fraction of sp³-hybridized carbons (Fsp3) is 0.667. The van der Waals surface area contributed by atoms with Gasteiger partial charge in [0.25, 0.3) is 0 Å². The van der Waals surface area contributed by atoms with Gasteiger partial charge in [-0.25, -0.2) is 0 Å². The van der Waals surface area contributed by atoms with Crippen molar-refractivity contribution in [2.24, 2.45) is 11.1 Å². The lowest BCUT2D eigenvalue weighted by atomic mass is 9.76. The van der Waals surface area contributed by atoms with Crippen molar-refractivity contribution >= 4 is 0 Å². The van der Waals surface area contributed by atoms with E-state index >= 15 is 0 Å². The van der Waals surface area contributed by atoms with Crippen LogP contribution in [0.5, 0.6) is 5.75 Å². The molecule has 0 bridgehead atoms. The molecule has 118 valence electrons. The van der Waals surface area contributed by atoms with Crippen molar-refractivity contribution in [3.63, 3.8) is 0 Å². The Morgan fingerprint density at radius 3 is 2.29 bits per heavy atom. The Hall–Kier alpha value is -1.06. The van der Waals surface area contributed by atoms with Crippen LogP contribution in [0.25, 0.3) is 0 Å². The molecule has 3 N–H and O–H groups in total. The van der Waals surface area contributed by atoms with Crippen molar-refractivity contribution in [1.29, 1.82) is 0 Å². The van der Waals surface area contributed by atoms with Crippen LogP contribution in [0.3, 0.4) is 0 Å². The van der Waals surface area contributed by atoms with Crippen molar-refractivity contribution in [2.75, 3.05) is 6.61 Å². The highest BCUT2D eigenvalue weighted by atomic mass is 16.5. The minimum atomic E-state index is -0.919. The third-order valence-electron chi connectivity index (χ3n) is 4.65. The van der Waals surface area contributed by atoms with Crippen LogP contribution < -0.4 is 10.5 Å². The quantitative estimate of drug-likeness (QED) is 0.867. The first-order valence-electron chi connectivity index (χ1n) is 8.01. The Morgan fingerprint density at radius 1 is 1.19 bits per heavy atom. The van der Waals surface area contributed by atoms with E-state index in [1.165, 1.54) is 32.1 Å². The molecule has 2 rings (SSSR count). The van der Waals surface area contributed by atoms with Crippen molar-refractivity contribution < 1.29 is 9.84 Å². The summed E-state index contributed by atoms with van der Waals surface area (Å²) in [5.74, 6) is 0.883. The van der Waals surface area contributed by atoms with E-state index in [4.69, 9.17) is 10.5 Å². The van der Waals surface area contributed by atoms with Crippen molar-refractivity contribution in [2.45, 2.75) is 64.5 Å². The maximum Gasteiger partial charge on any atom is 0.119 e. The highest BCUT2D eigenvalue weighted by Crippen LogP contribution is 2.36. The lowest BCUT2D eigenvalue weighted by molar-refractivity contribution is 0.0517. The largest absolute Gasteiger partial charge is 0.493 e. The number of hydrogen-bond acceptors (Lipinski definition) is 3.